The molecule has 1 saturated heterocycles. The van der Waals surface area contributed by atoms with Gasteiger partial charge in [0.05, 0.1) is 4.90 Å². The quantitative estimate of drug-likeness (QED) is 0.799. The van der Waals surface area contributed by atoms with E-state index in [0.29, 0.717) is 25.8 Å². The lowest BCUT2D eigenvalue weighted by Crippen LogP contribution is -2.67. The molecule has 0 saturated carbocycles. The standard InChI is InChI=1S/C19H22N2O4S2/c1-14-5-3-7-16(13-14)27(24,25)20-18(23)19(2)10-11-21(19)17(22)9-8-15-6-4-12-26-15/h3-7,12-13H,8-11H2,1-2H3,(H,20,23). The molecule has 1 aromatic carbocycles. The molecule has 1 fully saturated rings. The van der Waals surface area contributed by atoms with E-state index in [1.54, 1.807) is 37.3 Å². The number of rotatable bonds is 6. The molecule has 1 atom stereocenters. The van der Waals surface area contributed by atoms with E-state index >= 15 is 0 Å². The number of nitrogens with one attached hydrogen (secondary N) is 1. The first-order chi connectivity index (χ1) is 12.7. The van der Waals surface area contributed by atoms with Crippen molar-refractivity contribution < 1.29 is 18.0 Å². The van der Waals surface area contributed by atoms with Crippen LogP contribution in [0.2, 0.25) is 0 Å². The van der Waals surface area contributed by atoms with Gasteiger partial charge in [0.1, 0.15) is 5.54 Å². The maximum Gasteiger partial charge on any atom is 0.264 e. The number of sulfonamides is 1. The normalized spacial score (nSPS) is 19.4. The zero-order valence-corrected chi connectivity index (χ0v) is 16.9. The molecule has 0 aliphatic carbocycles. The van der Waals surface area contributed by atoms with Crippen molar-refractivity contribution in [2.45, 2.75) is 43.5 Å². The third-order valence-electron chi connectivity index (χ3n) is 4.90. The number of hydrogen-bond donors (Lipinski definition) is 1. The summed E-state index contributed by atoms with van der Waals surface area (Å²) in [5.74, 6) is -0.806. The summed E-state index contributed by atoms with van der Waals surface area (Å²) in [4.78, 5) is 27.8. The van der Waals surface area contributed by atoms with Gasteiger partial charge in [-0.1, -0.05) is 18.2 Å². The molecule has 8 heteroatoms. The van der Waals surface area contributed by atoms with Gasteiger partial charge in [0.15, 0.2) is 0 Å². The third-order valence-corrected chi connectivity index (χ3v) is 7.17. The number of carbonyl (C=O) groups excluding carboxylic acids is 2. The minimum absolute atomic E-state index is 0.0364. The van der Waals surface area contributed by atoms with Gasteiger partial charge < -0.3 is 4.90 Å². The average molecular weight is 407 g/mol. The zero-order chi connectivity index (χ0) is 19.7. The SMILES string of the molecule is Cc1cccc(S(=O)(=O)NC(=O)C2(C)CCN2C(=O)CCc2cccs2)c1. The summed E-state index contributed by atoms with van der Waals surface area (Å²) >= 11 is 1.59. The average Bonchev–Trinajstić information content (AvgIpc) is 3.11. The predicted octanol–water partition coefficient (Wildman–Crippen LogP) is 2.49. The Hall–Kier alpha value is -2.19. The number of aryl methyl sites for hydroxylation is 2. The molecule has 6 nitrogen and oxygen atoms in total. The lowest BCUT2D eigenvalue weighted by molar-refractivity contribution is -0.156. The summed E-state index contributed by atoms with van der Waals surface area (Å²) in [6, 6.07) is 10.2. The third kappa shape index (κ3) is 4.06. The molecule has 1 aliphatic heterocycles. The molecule has 0 radical (unpaired) electrons. The highest BCUT2D eigenvalue weighted by molar-refractivity contribution is 7.90. The maximum atomic E-state index is 12.7. The monoisotopic (exact) mass is 406 g/mol. The molecule has 1 N–H and O–H groups in total. The first-order valence-electron chi connectivity index (χ1n) is 8.69. The Labute approximate surface area is 163 Å². The van der Waals surface area contributed by atoms with Crippen LogP contribution in [0.4, 0.5) is 0 Å². The second kappa shape index (κ2) is 7.44. The molecule has 0 spiro atoms. The van der Waals surface area contributed by atoms with Crippen molar-refractivity contribution in [1.29, 1.82) is 0 Å². The van der Waals surface area contributed by atoms with E-state index in [-0.39, 0.29) is 10.8 Å². The highest BCUT2D eigenvalue weighted by Gasteiger charge is 2.50. The predicted molar refractivity (Wildman–Crippen MR) is 104 cm³/mol. The fourth-order valence-corrected chi connectivity index (χ4v) is 4.98. The molecule has 2 aromatic rings. The van der Waals surface area contributed by atoms with E-state index in [2.05, 4.69) is 4.72 Å². The molecule has 1 aliphatic rings. The first kappa shape index (κ1) is 19.6. The largest absolute Gasteiger partial charge is 0.328 e. The number of benzene rings is 1. The van der Waals surface area contributed by atoms with Gasteiger partial charge in [-0.2, -0.15) is 0 Å². The van der Waals surface area contributed by atoms with Crippen LogP contribution in [0.25, 0.3) is 0 Å². The van der Waals surface area contributed by atoms with Gasteiger partial charge in [-0.05, 0) is 55.8 Å². The molecule has 2 amide bonds. The lowest BCUT2D eigenvalue weighted by atomic mass is 9.85. The molecule has 1 aromatic heterocycles. The van der Waals surface area contributed by atoms with Crippen molar-refractivity contribution in [3.05, 3.63) is 52.2 Å². The van der Waals surface area contributed by atoms with Crippen LogP contribution < -0.4 is 4.72 Å². The molecule has 144 valence electrons. The molecule has 27 heavy (non-hydrogen) atoms. The molecule has 1 unspecified atom stereocenters. The molecular formula is C19H22N2O4S2. The van der Waals surface area contributed by atoms with Gasteiger partial charge in [-0.3, -0.25) is 9.59 Å². The smallest absolute Gasteiger partial charge is 0.264 e. The Bertz CT molecular complexity index is 954. The minimum Gasteiger partial charge on any atom is -0.328 e. The van der Waals surface area contributed by atoms with Crippen LogP contribution in [0.3, 0.4) is 0 Å². The van der Waals surface area contributed by atoms with E-state index < -0.39 is 21.5 Å². The second-order valence-electron chi connectivity index (χ2n) is 6.90. The van der Waals surface area contributed by atoms with Gasteiger partial charge in [-0.25, -0.2) is 13.1 Å². The molecular weight excluding hydrogens is 384 g/mol. The van der Waals surface area contributed by atoms with Gasteiger partial charge in [0.25, 0.3) is 15.9 Å². The van der Waals surface area contributed by atoms with Crippen molar-refractivity contribution in [3.8, 4) is 0 Å². The summed E-state index contributed by atoms with van der Waals surface area (Å²) in [5, 5.41) is 1.96. The van der Waals surface area contributed by atoms with Crippen molar-refractivity contribution in [1.82, 2.24) is 9.62 Å². The van der Waals surface area contributed by atoms with Crippen LogP contribution in [0.1, 0.15) is 30.2 Å². The van der Waals surface area contributed by atoms with Crippen molar-refractivity contribution in [3.63, 3.8) is 0 Å². The first-order valence-corrected chi connectivity index (χ1v) is 11.1. The summed E-state index contributed by atoms with van der Waals surface area (Å²) < 4.78 is 27.1. The van der Waals surface area contributed by atoms with Crippen LogP contribution in [0, 0.1) is 6.92 Å². The lowest BCUT2D eigenvalue weighted by Gasteiger charge is -2.49. The van der Waals surface area contributed by atoms with Gasteiger partial charge >= 0.3 is 0 Å². The van der Waals surface area contributed by atoms with Crippen LogP contribution >= 0.6 is 11.3 Å². The number of likely N-dealkylation sites (tertiary alicyclic amines) is 1. The summed E-state index contributed by atoms with van der Waals surface area (Å²) in [6.45, 7) is 3.85. The van der Waals surface area contributed by atoms with Gasteiger partial charge in [0.2, 0.25) is 5.91 Å². The van der Waals surface area contributed by atoms with Crippen LogP contribution in [0.5, 0.6) is 0 Å². The van der Waals surface area contributed by atoms with Gasteiger partial charge in [0, 0.05) is 17.8 Å². The highest BCUT2D eigenvalue weighted by atomic mass is 32.2. The second-order valence-corrected chi connectivity index (χ2v) is 9.61. The van der Waals surface area contributed by atoms with Crippen molar-refractivity contribution in [2.24, 2.45) is 0 Å². The highest BCUT2D eigenvalue weighted by Crippen LogP contribution is 2.32. The van der Waals surface area contributed by atoms with Crippen LogP contribution in [0.15, 0.2) is 46.7 Å². The van der Waals surface area contributed by atoms with E-state index in [1.165, 1.54) is 17.0 Å². The fraction of sp³-hybridized carbons (Fsp3) is 0.368. The number of carbonyl (C=O) groups is 2. The van der Waals surface area contributed by atoms with E-state index in [1.807, 2.05) is 17.5 Å². The van der Waals surface area contributed by atoms with Gasteiger partial charge in [-0.15, -0.1) is 11.3 Å². The van der Waals surface area contributed by atoms with Crippen molar-refractivity contribution >= 4 is 33.2 Å². The number of thiophene rings is 1. The summed E-state index contributed by atoms with van der Waals surface area (Å²) in [6.07, 6.45) is 1.35. The van der Waals surface area contributed by atoms with E-state index in [4.69, 9.17) is 0 Å². The molecule has 2 heterocycles. The van der Waals surface area contributed by atoms with Crippen LogP contribution in [-0.2, 0) is 26.0 Å². The Morgan fingerprint density at radius 2 is 2.04 bits per heavy atom. The van der Waals surface area contributed by atoms with Crippen LogP contribution in [-0.4, -0.2) is 37.2 Å². The Kier molecular flexibility index (Phi) is 5.39. The number of hydrogen-bond acceptors (Lipinski definition) is 5. The Morgan fingerprint density at radius 3 is 2.63 bits per heavy atom. The molecule has 3 rings (SSSR count). The Morgan fingerprint density at radius 1 is 1.26 bits per heavy atom. The van der Waals surface area contributed by atoms with E-state index in [0.717, 1.165) is 10.4 Å². The summed E-state index contributed by atoms with van der Waals surface area (Å²) in [5.41, 5.74) is -0.353. The fourth-order valence-electron chi connectivity index (χ4n) is 3.09. The number of amides is 2. The minimum atomic E-state index is -3.97. The summed E-state index contributed by atoms with van der Waals surface area (Å²) in [7, 11) is -3.97. The zero-order valence-electron chi connectivity index (χ0n) is 15.3. The topological polar surface area (TPSA) is 83.6 Å². The number of nitrogens with zero attached hydrogens (tertiary/aromatic N) is 1. The molecule has 0 bridgehead atoms. The van der Waals surface area contributed by atoms with Crippen molar-refractivity contribution in [2.75, 3.05) is 6.54 Å². The Balaban J connectivity index is 1.67. The maximum absolute atomic E-state index is 12.7. The van der Waals surface area contributed by atoms with E-state index in [9.17, 15) is 18.0 Å².